The Labute approximate surface area is 96.0 Å². The molecule has 0 saturated carbocycles. The summed E-state index contributed by atoms with van der Waals surface area (Å²) < 4.78 is 2.68. The van der Waals surface area contributed by atoms with Crippen molar-refractivity contribution in [1.82, 2.24) is 9.55 Å². The summed E-state index contributed by atoms with van der Waals surface area (Å²) in [5, 5.41) is 1.08. The standard InChI is InChI=1S/C12H10N2OS/c1-2-14-11-10(16-12(14)15)7-8-5-3-4-6-9(8)13-11/h3-7H,2H2,1H3. The summed E-state index contributed by atoms with van der Waals surface area (Å²) in [4.78, 5) is 16.3. The van der Waals surface area contributed by atoms with Crippen LogP contribution in [0.2, 0.25) is 0 Å². The maximum atomic E-state index is 11.7. The third-order valence-corrected chi connectivity index (χ3v) is 3.57. The van der Waals surface area contributed by atoms with Crippen LogP contribution in [0.1, 0.15) is 6.92 Å². The van der Waals surface area contributed by atoms with Crippen molar-refractivity contribution in [2.75, 3.05) is 0 Å². The van der Waals surface area contributed by atoms with Crippen molar-refractivity contribution < 1.29 is 0 Å². The molecule has 2 aromatic heterocycles. The van der Waals surface area contributed by atoms with Crippen molar-refractivity contribution in [3.63, 3.8) is 0 Å². The van der Waals surface area contributed by atoms with Gasteiger partial charge in [-0.25, -0.2) is 4.98 Å². The van der Waals surface area contributed by atoms with E-state index < -0.39 is 0 Å². The van der Waals surface area contributed by atoms with Crippen molar-refractivity contribution in [3.8, 4) is 0 Å². The molecule has 2 heterocycles. The second-order valence-corrected chi connectivity index (χ2v) is 4.61. The fourth-order valence-corrected chi connectivity index (χ4v) is 2.82. The lowest BCUT2D eigenvalue weighted by Crippen LogP contribution is -2.11. The molecule has 3 rings (SSSR count). The van der Waals surface area contributed by atoms with E-state index in [1.807, 2.05) is 37.3 Å². The van der Waals surface area contributed by atoms with Crippen LogP contribution in [-0.2, 0) is 6.54 Å². The molecule has 3 aromatic rings. The molecule has 4 heteroatoms. The maximum Gasteiger partial charge on any atom is 0.309 e. The predicted molar refractivity (Wildman–Crippen MR) is 67.1 cm³/mol. The molecule has 0 saturated heterocycles. The highest BCUT2D eigenvalue weighted by Crippen LogP contribution is 2.21. The Kier molecular flexibility index (Phi) is 2.04. The van der Waals surface area contributed by atoms with E-state index in [-0.39, 0.29) is 4.87 Å². The van der Waals surface area contributed by atoms with E-state index in [1.165, 1.54) is 11.3 Å². The third-order valence-electron chi connectivity index (χ3n) is 2.66. The predicted octanol–water partition coefficient (Wildman–Crippen LogP) is 2.63. The van der Waals surface area contributed by atoms with E-state index in [1.54, 1.807) is 4.57 Å². The molecule has 3 nitrogen and oxygen atoms in total. The summed E-state index contributed by atoms with van der Waals surface area (Å²) in [5.74, 6) is 0. The SMILES string of the molecule is CCn1c(=O)sc2cc3ccccc3nc21. The summed E-state index contributed by atoms with van der Waals surface area (Å²) >= 11 is 1.26. The number of nitrogens with zero attached hydrogens (tertiary/aromatic N) is 2. The van der Waals surface area contributed by atoms with Gasteiger partial charge in [0, 0.05) is 11.9 Å². The number of pyridine rings is 1. The molecule has 0 radical (unpaired) electrons. The number of aromatic nitrogens is 2. The number of para-hydroxylation sites is 1. The summed E-state index contributed by atoms with van der Waals surface area (Å²) in [5.41, 5.74) is 1.74. The van der Waals surface area contributed by atoms with Gasteiger partial charge in [-0.05, 0) is 19.1 Å². The van der Waals surface area contributed by atoms with Crippen LogP contribution in [0.4, 0.5) is 0 Å². The van der Waals surface area contributed by atoms with Gasteiger partial charge in [0.1, 0.15) is 0 Å². The van der Waals surface area contributed by atoms with Gasteiger partial charge in [-0.3, -0.25) is 9.36 Å². The zero-order chi connectivity index (χ0) is 11.1. The van der Waals surface area contributed by atoms with E-state index in [4.69, 9.17) is 0 Å². The molecule has 0 atom stereocenters. The van der Waals surface area contributed by atoms with Gasteiger partial charge in [0.2, 0.25) is 0 Å². The Hall–Kier alpha value is -1.68. The number of benzene rings is 1. The van der Waals surface area contributed by atoms with Crippen molar-refractivity contribution in [2.24, 2.45) is 0 Å². The van der Waals surface area contributed by atoms with Crippen LogP contribution in [-0.4, -0.2) is 9.55 Å². The van der Waals surface area contributed by atoms with Crippen LogP contribution < -0.4 is 4.87 Å². The highest BCUT2D eigenvalue weighted by Gasteiger charge is 2.08. The van der Waals surface area contributed by atoms with Gasteiger partial charge < -0.3 is 0 Å². The Balaban J connectivity index is 2.51. The average molecular weight is 230 g/mol. The van der Waals surface area contributed by atoms with Gasteiger partial charge in [-0.2, -0.15) is 0 Å². The number of fused-ring (bicyclic) bond motifs is 2. The van der Waals surface area contributed by atoms with E-state index in [0.717, 1.165) is 21.3 Å². The lowest BCUT2D eigenvalue weighted by molar-refractivity contribution is 0.770. The lowest BCUT2D eigenvalue weighted by atomic mass is 10.2. The number of aryl methyl sites for hydroxylation is 1. The molecular formula is C12H10N2OS. The van der Waals surface area contributed by atoms with Gasteiger partial charge >= 0.3 is 4.87 Å². The van der Waals surface area contributed by atoms with Gasteiger partial charge in [0.15, 0.2) is 5.65 Å². The van der Waals surface area contributed by atoms with E-state index >= 15 is 0 Å². The second kappa shape index (κ2) is 3.42. The maximum absolute atomic E-state index is 11.7. The van der Waals surface area contributed by atoms with Crippen LogP contribution in [0, 0.1) is 0 Å². The fraction of sp³-hybridized carbons (Fsp3) is 0.167. The lowest BCUT2D eigenvalue weighted by Gasteiger charge is -1.99. The highest BCUT2D eigenvalue weighted by atomic mass is 32.1. The van der Waals surface area contributed by atoms with Gasteiger partial charge in [-0.1, -0.05) is 29.5 Å². The summed E-state index contributed by atoms with van der Waals surface area (Å²) in [7, 11) is 0. The minimum atomic E-state index is 0.0697. The van der Waals surface area contributed by atoms with Crippen molar-refractivity contribution in [3.05, 3.63) is 40.0 Å². The Morgan fingerprint density at radius 1 is 1.38 bits per heavy atom. The first kappa shape index (κ1) is 9.54. The normalized spacial score (nSPS) is 11.3. The molecule has 0 aliphatic carbocycles. The number of rotatable bonds is 1. The molecule has 0 aliphatic rings. The molecule has 0 N–H and O–H groups in total. The zero-order valence-corrected chi connectivity index (χ0v) is 9.62. The highest BCUT2D eigenvalue weighted by molar-refractivity contribution is 7.16. The average Bonchev–Trinajstić information content (AvgIpc) is 2.60. The fourth-order valence-electron chi connectivity index (χ4n) is 1.87. The van der Waals surface area contributed by atoms with Crippen molar-refractivity contribution >= 4 is 32.6 Å². The molecule has 0 unspecified atom stereocenters. The molecule has 0 amide bonds. The van der Waals surface area contributed by atoms with Crippen LogP contribution >= 0.6 is 11.3 Å². The molecule has 0 aliphatic heterocycles. The van der Waals surface area contributed by atoms with Crippen molar-refractivity contribution in [1.29, 1.82) is 0 Å². The molecule has 1 aromatic carbocycles. The van der Waals surface area contributed by atoms with Crippen LogP contribution in [0.5, 0.6) is 0 Å². The largest absolute Gasteiger partial charge is 0.309 e. The van der Waals surface area contributed by atoms with E-state index in [0.29, 0.717) is 6.54 Å². The molecule has 0 spiro atoms. The topological polar surface area (TPSA) is 34.9 Å². The zero-order valence-electron chi connectivity index (χ0n) is 8.80. The summed E-state index contributed by atoms with van der Waals surface area (Å²) in [6.07, 6.45) is 0. The molecule has 0 bridgehead atoms. The quantitative estimate of drug-likeness (QED) is 0.644. The third kappa shape index (κ3) is 1.27. The molecule has 0 fully saturated rings. The summed E-state index contributed by atoms with van der Waals surface area (Å²) in [6, 6.07) is 9.96. The van der Waals surface area contributed by atoms with Crippen LogP contribution in [0.3, 0.4) is 0 Å². The number of thiazole rings is 1. The molecular weight excluding hydrogens is 220 g/mol. The van der Waals surface area contributed by atoms with Crippen molar-refractivity contribution in [2.45, 2.75) is 13.5 Å². The molecule has 80 valence electrons. The van der Waals surface area contributed by atoms with E-state index in [2.05, 4.69) is 4.98 Å². The first-order chi connectivity index (χ1) is 7.79. The second-order valence-electron chi connectivity index (χ2n) is 3.62. The Morgan fingerprint density at radius 3 is 3.00 bits per heavy atom. The number of hydrogen-bond donors (Lipinski definition) is 0. The van der Waals surface area contributed by atoms with Gasteiger partial charge in [0.25, 0.3) is 0 Å². The molecule has 16 heavy (non-hydrogen) atoms. The van der Waals surface area contributed by atoms with Crippen LogP contribution in [0.15, 0.2) is 35.1 Å². The van der Waals surface area contributed by atoms with Gasteiger partial charge in [-0.15, -0.1) is 0 Å². The van der Waals surface area contributed by atoms with Gasteiger partial charge in [0.05, 0.1) is 10.2 Å². The monoisotopic (exact) mass is 230 g/mol. The number of hydrogen-bond acceptors (Lipinski definition) is 3. The minimum absolute atomic E-state index is 0.0697. The van der Waals surface area contributed by atoms with Crippen LogP contribution in [0.25, 0.3) is 21.3 Å². The first-order valence-corrected chi connectivity index (χ1v) is 6.00. The Morgan fingerprint density at radius 2 is 2.19 bits per heavy atom. The van der Waals surface area contributed by atoms with E-state index in [9.17, 15) is 4.79 Å². The summed E-state index contributed by atoms with van der Waals surface area (Å²) in [6.45, 7) is 2.63. The Bertz CT molecular complexity index is 727. The smallest absolute Gasteiger partial charge is 0.283 e. The minimum Gasteiger partial charge on any atom is -0.283 e. The first-order valence-electron chi connectivity index (χ1n) is 5.18.